The van der Waals surface area contributed by atoms with Gasteiger partial charge < -0.3 is 4.74 Å². The zero-order chi connectivity index (χ0) is 20.0. The van der Waals surface area contributed by atoms with E-state index in [-0.39, 0.29) is 11.9 Å². The highest BCUT2D eigenvalue weighted by Gasteiger charge is 2.16. The molecule has 27 heavy (non-hydrogen) atoms. The van der Waals surface area contributed by atoms with Crippen molar-refractivity contribution < 1.29 is 9.53 Å². The molecule has 0 radical (unpaired) electrons. The van der Waals surface area contributed by atoms with Crippen LogP contribution >= 0.6 is 0 Å². The summed E-state index contributed by atoms with van der Waals surface area (Å²) in [7, 11) is 0. The molecule has 0 saturated carbocycles. The Hall–Kier alpha value is -1.83. The van der Waals surface area contributed by atoms with E-state index >= 15 is 0 Å². The van der Waals surface area contributed by atoms with Crippen molar-refractivity contribution in [2.45, 2.75) is 78.6 Å². The van der Waals surface area contributed by atoms with E-state index in [1.807, 2.05) is 6.92 Å². The minimum atomic E-state index is -0.0528. The van der Waals surface area contributed by atoms with Crippen LogP contribution in [0.1, 0.15) is 78.6 Å². The lowest BCUT2D eigenvalue weighted by molar-refractivity contribution is -0.148. The zero-order valence-electron chi connectivity index (χ0n) is 17.7. The van der Waals surface area contributed by atoms with Crippen molar-refractivity contribution in [2.75, 3.05) is 6.61 Å². The fourth-order valence-electron chi connectivity index (χ4n) is 2.61. The molecular weight excluding hydrogens is 332 g/mol. The summed E-state index contributed by atoms with van der Waals surface area (Å²) in [6.45, 7) is 6.59. The Balaban J connectivity index is 3.78. The number of carbonyl (C=O) groups is 1. The van der Waals surface area contributed by atoms with E-state index in [2.05, 4.69) is 74.6 Å². The minimum absolute atomic E-state index is 0.0172. The summed E-state index contributed by atoms with van der Waals surface area (Å²) in [5, 5.41) is 0. The molecule has 0 rings (SSSR count). The lowest BCUT2D eigenvalue weighted by Gasteiger charge is -2.12. The average molecular weight is 373 g/mol. The minimum Gasteiger partial charge on any atom is -0.466 e. The molecule has 0 bridgehead atoms. The van der Waals surface area contributed by atoms with Crippen LogP contribution in [0.2, 0.25) is 0 Å². The van der Waals surface area contributed by atoms with Crippen LogP contribution in [0.25, 0.3) is 0 Å². The van der Waals surface area contributed by atoms with Gasteiger partial charge in [0.25, 0.3) is 0 Å². The van der Waals surface area contributed by atoms with E-state index < -0.39 is 0 Å². The smallest absolute Gasteiger partial charge is 0.309 e. The molecule has 0 N–H and O–H groups in total. The number of hydrogen-bond acceptors (Lipinski definition) is 2. The number of esters is 1. The number of hydrogen-bond donors (Lipinski definition) is 0. The Labute approximate surface area is 167 Å². The van der Waals surface area contributed by atoms with Crippen molar-refractivity contribution in [3.05, 3.63) is 60.8 Å². The maximum Gasteiger partial charge on any atom is 0.309 e. The average Bonchev–Trinajstić information content (AvgIpc) is 2.67. The lowest BCUT2D eigenvalue weighted by Crippen LogP contribution is -2.17. The summed E-state index contributed by atoms with van der Waals surface area (Å²) < 4.78 is 5.14. The Morgan fingerprint density at radius 1 is 0.741 bits per heavy atom. The fraction of sp³-hybridized carbons (Fsp3) is 0.560. The number of unbranched alkanes of at least 4 members (excludes halogenated alkanes) is 1. The van der Waals surface area contributed by atoms with Gasteiger partial charge in [0.2, 0.25) is 0 Å². The molecule has 0 spiro atoms. The molecule has 0 aromatic heterocycles. The van der Waals surface area contributed by atoms with Crippen LogP contribution in [0.15, 0.2) is 60.8 Å². The number of allylic oxidation sites excluding steroid dienone is 10. The molecule has 2 heteroatoms. The number of ether oxygens (including phenoxy) is 1. The Bertz CT molecular complexity index is 481. The molecular formula is C25H40O2. The fourth-order valence-corrected chi connectivity index (χ4v) is 2.61. The first-order chi connectivity index (χ1) is 13.3. The SMILES string of the molecule is CC/C=C\C/C=C\C/C=C\C/C=C\CC/C=C/CC(CCC)C(=O)OCC. The summed E-state index contributed by atoms with van der Waals surface area (Å²) in [5.41, 5.74) is 0. The maximum absolute atomic E-state index is 11.8. The van der Waals surface area contributed by atoms with E-state index in [0.717, 1.165) is 57.8 Å². The summed E-state index contributed by atoms with van der Waals surface area (Å²) in [6, 6.07) is 0. The van der Waals surface area contributed by atoms with Crippen molar-refractivity contribution >= 4 is 5.97 Å². The quantitative estimate of drug-likeness (QED) is 0.159. The van der Waals surface area contributed by atoms with Crippen molar-refractivity contribution in [1.82, 2.24) is 0 Å². The monoisotopic (exact) mass is 372 g/mol. The van der Waals surface area contributed by atoms with Crippen molar-refractivity contribution in [1.29, 1.82) is 0 Å². The highest BCUT2D eigenvalue weighted by Crippen LogP contribution is 2.14. The van der Waals surface area contributed by atoms with Crippen LogP contribution in [-0.4, -0.2) is 12.6 Å². The van der Waals surface area contributed by atoms with Gasteiger partial charge in [-0.25, -0.2) is 0 Å². The predicted octanol–water partition coefficient (Wildman–Crippen LogP) is 7.50. The summed E-state index contributed by atoms with van der Waals surface area (Å²) in [4.78, 5) is 11.8. The second-order valence-corrected chi connectivity index (χ2v) is 6.52. The number of rotatable bonds is 16. The first kappa shape index (κ1) is 25.2. The molecule has 152 valence electrons. The largest absolute Gasteiger partial charge is 0.466 e. The molecule has 0 aromatic carbocycles. The summed E-state index contributed by atoms with van der Waals surface area (Å²) in [5.74, 6) is -0.0356. The molecule has 0 aliphatic rings. The lowest BCUT2D eigenvalue weighted by atomic mass is 9.99. The van der Waals surface area contributed by atoms with E-state index in [1.54, 1.807) is 0 Å². The van der Waals surface area contributed by atoms with Crippen molar-refractivity contribution in [2.24, 2.45) is 5.92 Å². The first-order valence-electron chi connectivity index (χ1n) is 10.7. The van der Waals surface area contributed by atoms with Gasteiger partial charge in [0.1, 0.15) is 0 Å². The second kappa shape index (κ2) is 20.5. The van der Waals surface area contributed by atoms with Gasteiger partial charge in [-0.2, -0.15) is 0 Å². The first-order valence-corrected chi connectivity index (χ1v) is 10.7. The third-order valence-electron chi connectivity index (χ3n) is 4.06. The third-order valence-corrected chi connectivity index (χ3v) is 4.06. The van der Waals surface area contributed by atoms with Gasteiger partial charge in [-0.3, -0.25) is 4.79 Å². The van der Waals surface area contributed by atoms with E-state index in [0.29, 0.717) is 6.61 Å². The molecule has 0 aliphatic carbocycles. The van der Waals surface area contributed by atoms with Gasteiger partial charge in [-0.1, -0.05) is 81.0 Å². The zero-order valence-corrected chi connectivity index (χ0v) is 17.7. The van der Waals surface area contributed by atoms with Crippen LogP contribution in [0.4, 0.5) is 0 Å². The van der Waals surface area contributed by atoms with Gasteiger partial charge >= 0.3 is 5.97 Å². The topological polar surface area (TPSA) is 26.3 Å². The normalized spacial score (nSPS) is 13.7. The Morgan fingerprint density at radius 2 is 1.26 bits per heavy atom. The van der Waals surface area contributed by atoms with Crippen LogP contribution in [0.5, 0.6) is 0 Å². The van der Waals surface area contributed by atoms with Gasteiger partial charge in [0.05, 0.1) is 12.5 Å². The van der Waals surface area contributed by atoms with Crippen molar-refractivity contribution in [3.63, 3.8) is 0 Å². The van der Waals surface area contributed by atoms with E-state index in [1.165, 1.54) is 0 Å². The maximum atomic E-state index is 11.8. The molecule has 0 amide bonds. The van der Waals surface area contributed by atoms with Gasteiger partial charge in [0, 0.05) is 0 Å². The van der Waals surface area contributed by atoms with Gasteiger partial charge in [-0.15, -0.1) is 0 Å². The van der Waals surface area contributed by atoms with Crippen LogP contribution in [-0.2, 0) is 9.53 Å². The highest BCUT2D eigenvalue weighted by atomic mass is 16.5. The predicted molar refractivity (Wildman–Crippen MR) is 119 cm³/mol. The molecule has 0 aliphatic heterocycles. The van der Waals surface area contributed by atoms with Gasteiger partial charge in [0.15, 0.2) is 0 Å². The summed E-state index contributed by atoms with van der Waals surface area (Å²) >= 11 is 0. The van der Waals surface area contributed by atoms with Crippen LogP contribution in [0, 0.1) is 5.92 Å². The molecule has 0 aromatic rings. The van der Waals surface area contributed by atoms with Crippen molar-refractivity contribution in [3.8, 4) is 0 Å². The summed E-state index contributed by atoms with van der Waals surface area (Å²) in [6.07, 6.45) is 31.0. The molecule has 0 fully saturated rings. The molecule has 1 atom stereocenters. The molecule has 2 nitrogen and oxygen atoms in total. The highest BCUT2D eigenvalue weighted by molar-refractivity contribution is 5.72. The van der Waals surface area contributed by atoms with Crippen LogP contribution in [0.3, 0.4) is 0 Å². The van der Waals surface area contributed by atoms with E-state index in [9.17, 15) is 4.79 Å². The molecule has 1 unspecified atom stereocenters. The number of carbonyl (C=O) groups excluding carboxylic acids is 1. The standard InChI is InChI=1S/C25H40O2/c1-4-7-8-9-10-11-12-13-14-15-16-17-18-19-20-21-23-24(22-5-2)25(26)27-6-3/h7-8,10-11,13-14,16-17,20-21,24H,4-6,9,12,15,18-19,22-23H2,1-3H3/b8-7-,11-10-,14-13-,17-16-,21-20+. The van der Waals surface area contributed by atoms with Gasteiger partial charge in [-0.05, 0) is 58.3 Å². The van der Waals surface area contributed by atoms with Crippen LogP contribution < -0.4 is 0 Å². The Kier molecular flexibility index (Phi) is 19.1. The molecule has 0 saturated heterocycles. The van der Waals surface area contributed by atoms with E-state index in [4.69, 9.17) is 4.74 Å². The second-order valence-electron chi connectivity index (χ2n) is 6.52. The molecule has 0 heterocycles. The Morgan fingerprint density at radius 3 is 1.78 bits per heavy atom. The third kappa shape index (κ3) is 17.3.